The van der Waals surface area contributed by atoms with Gasteiger partial charge in [0.2, 0.25) is 0 Å². The highest BCUT2D eigenvalue weighted by Crippen LogP contribution is 2.15. The lowest BCUT2D eigenvalue weighted by Crippen LogP contribution is -2.36. The number of fused-ring (bicyclic) bond motifs is 1. The first kappa shape index (κ1) is 19.3. The molecule has 1 N–H and O–H groups in total. The van der Waals surface area contributed by atoms with Crippen LogP contribution in [-0.2, 0) is 22.6 Å². The van der Waals surface area contributed by atoms with Gasteiger partial charge in [-0.2, -0.15) is 5.10 Å². The number of hydrogen-bond donors (Lipinski definition) is 1. The van der Waals surface area contributed by atoms with E-state index in [1.807, 2.05) is 6.92 Å². The molecule has 0 radical (unpaired) electrons. The molecule has 0 saturated heterocycles. The molecule has 0 unspecified atom stereocenters. The van der Waals surface area contributed by atoms with E-state index in [1.54, 1.807) is 36.4 Å². The van der Waals surface area contributed by atoms with Crippen LogP contribution in [-0.4, -0.2) is 27.8 Å². The minimum atomic E-state index is -1.03. The van der Waals surface area contributed by atoms with Crippen molar-refractivity contribution in [1.29, 1.82) is 0 Å². The number of carbonyl (C=O) groups is 2. The van der Waals surface area contributed by atoms with Crippen LogP contribution in [0.15, 0.2) is 51.9 Å². The van der Waals surface area contributed by atoms with Crippen molar-refractivity contribution < 1.29 is 18.7 Å². The van der Waals surface area contributed by atoms with Crippen LogP contribution in [0.2, 0.25) is 0 Å². The van der Waals surface area contributed by atoms with Crippen molar-refractivity contribution in [2.75, 3.05) is 0 Å². The molecule has 2 heterocycles. The second kappa shape index (κ2) is 8.51. The van der Waals surface area contributed by atoms with Gasteiger partial charge in [-0.3, -0.25) is 9.59 Å². The zero-order valence-electron chi connectivity index (χ0n) is 15.7. The van der Waals surface area contributed by atoms with Crippen molar-refractivity contribution in [3.05, 3.63) is 64.5 Å². The summed E-state index contributed by atoms with van der Waals surface area (Å²) in [7, 11) is 0. The summed E-state index contributed by atoms with van der Waals surface area (Å²) in [5, 5.41) is 7.58. The third-order valence-electron chi connectivity index (χ3n) is 4.17. The number of benzene rings is 1. The Kier molecular flexibility index (Phi) is 5.88. The second-order valence-electron chi connectivity index (χ2n) is 6.27. The number of nitrogens with zero attached hydrogens (tertiary/aromatic N) is 2. The summed E-state index contributed by atoms with van der Waals surface area (Å²) in [6, 6.07) is 10.2. The smallest absolute Gasteiger partial charge is 0.360 e. The monoisotopic (exact) mass is 383 g/mol. The zero-order valence-corrected chi connectivity index (χ0v) is 15.7. The number of aryl methyl sites for hydroxylation is 1. The Morgan fingerprint density at radius 1 is 1.21 bits per heavy atom. The molecular weight excluding hydrogens is 362 g/mol. The van der Waals surface area contributed by atoms with E-state index < -0.39 is 18.0 Å². The lowest BCUT2D eigenvalue weighted by Gasteiger charge is -2.14. The summed E-state index contributed by atoms with van der Waals surface area (Å²) in [6.45, 7) is 3.95. The van der Waals surface area contributed by atoms with E-state index in [0.717, 1.165) is 0 Å². The fourth-order valence-corrected chi connectivity index (χ4v) is 2.75. The standard InChI is InChI=1S/C20H21N3O5/c1-3-10-23-19(25)16-9-5-4-8-15(16)17(22-23)20(26)28-13(2)18(24)21-12-14-7-6-11-27-14/h4-9,11,13H,3,10,12H2,1-2H3,(H,21,24)/t13-/m0/s1. The Hall–Kier alpha value is -3.42. The van der Waals surface area contributed by atoms with Crippen molar-refractivity contribution in [3.63, 3.8) is 0 Å². The first-order valence-corrected chi connectivity index (χ1v) is 9.02. The van der Waals surface area contributed by atoms with Gasteiger partial charge in [-0.15, -0.1) is 0 Å². The van der Waals surface area contributed by atoms with Crippen LogP contribution in [0, 0.1) is 0 Å². The molecule has 0 spiro atoms. The highest BCUT2D eigenvalue weighted by atomic mass is 16.5. The Bertz CT molecular complexity index is 1040. The second-order valence-corrected chi connectivity index (χ2v) is 6.27. The van der Waals surface area contributed by atoms with Crippen molar-refractivity contribution in [2.45, 2.75) is 39.5 Å². The topological polar surface area (TPSA) is 103 Å². The Balaban J connectivity index is 1.79. The average Bonchev–Trinajstić information content (AvgIpc) is 3.22. The number of amides is 1. The van der Waals surface area contributed by atoms with Gasteiger partial charge >= 0.3 is 5.97 Å². The van der Waals surface area contributed by atoms with Crippen LogP contribution in [0.5, 0.6) is 0 Å². The summed E-state index contributed by atoms with van der Waals surface area (Å²) < 4.78 is 11.7. The Labute approximate surface area is 161 Å². The molecule has 0 aliphatic rings. The van der Waals surface area contributed by atoms with Gasteiger partial charge in [-0.05, 0) is 31.5 Å². The third-order valence-corrected chi connectivity index (χ3v) is 4.17. The molecule has 0 fully saturated rings. The van der Waals surface area contributed by atoms with Crippen molar-refractivity contribution in [3.8, 4) is 0 Å². The average molecular weight is 383 g/mol. The minimum absolute atomic E-state index is 0.00864. The lowest BCUT2D eigenvalue weighted by molar-refractivity contribution is -0.129. The van der Waals surface area contributed by atoms with Gasteiger partial charge in [0.05, 0.1) is 18.2 Å². The van der Waals surface area contributed by atoms with E-state index in [9.17, 15) is 14.4 Å². The van der Waals surface area contributed by atoms with Gasteiger partial charge in [-0.1, -0.05) is 25.1 Å². The molecule has 3 rings (SSSR count). The first-order valence-electron chi connectivity index (χ1n) is 9.02. The summed E-state index contributed by atoms with van der Waals surface area (Å²) in [6.07, 6.45) is 1.16. The molecule has 3 aromatic rings. The molecule has 1 amide bonds. The zero-order chi connectivity index (χ0) is 20.1. The highest BCUT2D eigenvalue weighted by Gasteiger charge is 2.23. The fourth-order valence-electron chi connectivity index (χ4n) is 2.75. The number of nitrogens with one attached hydrogen (secondary N) is 1. The van der Waals surface area contributed by atoms with E-state index >= 15 is 0 Å². The summed E-state index contributed by atoms with van der Waals surface area (Å²) >= 11 is 0. The predicted molar refractivity (Wildman–Crippen MR) is 102 cm³/mol. The first-order chi connectivity index (χ1) is 13.5. The molecule has 2 aromatic heterocycles. The maximum absolute atomic E-state index is 12.7. The molecule has 1 atom stereocenters. The number of furan rings is 1. The normalized spacial score (nSPS) is 11.9. The molecule has 28 heavy (non-hydrogen) atoms. The largest absolute Gasteiger partial charge is 0.467 e. The van der Waals surface area contributed by atoms with Crippen LogP contribution in [0.3, 0.4) is 0 Å². The number of rotatable bonds is 7. The van der Waals surface area contributed by atoms with Crippen LogP contribution in [0.4, 0.5) is 0 Å². The van der Waals surface area contributed by atoms with Gasteiger partial charge in [0, 0.05) is 11.9 Å². The minimum Gasteiger partial charge on any atom is -0.467 e. The Morgan fingerprint density at radius 3 is 2.64 bits per heavy atom. The van der Waals surface area contributed by atoms with Gasteiger partial charge in [0.25, 0.3) is 11.5 Å². The van der Waals surface area contributed by atoms with Crippen molar-refractivity contribution in [1.82, 2.24) is 15.1 Å². The van der Waals surface area contributed by atoms with Crippen molar-refractivity contribution in [2.24, 2.45) is 0 Å². The van der Waals surface area contributed by atoms with Crippen LogP contribution in [0.25, 0.3) is 10.8 Å². The molecule has 0 aliphatic carbocycles. The summed E-state index contributed by atoms with van der Waals surface area (Å²) in [4.78, 5) is 37.4. The van der Waals surface area contributed by atoms with E-state index in [-0.39, 0.29) is 17.8 Å². The van der Waals surface area contributed by atoms with Crippen LogP contribution in [0.1, 0.15) is 36.5 Å². The maximum Gasteiger partial charge on any atom is 0.360 e. The molecule has 8 nitrogen and oxygen atoms in total. The molecule has 0 saturated carbocycles. The number of ether oxygens (including phenoxy) is 1. The van der Waals surface area contributed by atoms with Gasteiger partial charge in [0.1, 0.15) is 5.76 Å². The molecule has 0 bridgehead atoms. The van der Waals surface area contributed by atoms with E-state index in [0.29, 0.717) is 29.5 Å². The highest BCUT2D eigenvalue weighted by molar-refractivity contribution is 6.02. The van der Waals surface area contributed by atoms with E-state index in [4.69, 9.17) is 9.15 Å². The van der Waals surface area contributed by atoms with E-state index in [1.165, 1.54) is 17.9 Å². The summed E-state index contributed by atoms with van der Waals surface area (Å²) in [5.41, 5.74) is -0.257. The molecule has 0 aliphatic heterocycles. The van der Waals surface area contributed by atoms with Crippen LogP contribution < -0.4 is 10.9 Å². The molecule has 8 heteroatoms. The number of aromatic nitrogens is 2. The summed E-state index contributed by atoms with van der Waals surface area (Å²) in [5.74, 6) is -0.635. The quantitative estimate of drug-likeness (QED) is 0.628. The lowest BCUT2D eigenvalue weighted by atomic mass is 10.1. The fraction of sp³-hybridized carbons (Fsp3) is 0.300. The molecular formula is C20H21N3O5. The van der Waals surface area contributed by atoms with Gasteiger partial charge in [-0.25, -0.2) is 9.48 Å². The number of esters is 1. The molecule has 146 valence electrons. The third kappa shape index (κ3) is 4.11. The van der Waals surface area contributed by atoms with Gasteiger partial charge in [0.15, 0.2) is 11.8 Å². The number of hydrogen-bond acceptors (Lipinski definition) is 6. The number of carbonyl (C=O) groups excluding carboxylic acids is 2. The van der Waals surface area contributed by atoms with Crippen LogP contribution >= 0.6 is 0 Å². The van der Waals surface area contributed by atoms with Crippen molar-refractivity contribution >= 4 is 22.6 Å². The SMILES string of the molecule is CCCn1nc(C(=O)O[C@@H](C)C(=O)NCc2ccco2)c2ccccc2c1=O. The van der Waals surface area contributed by atoms with Gasteiger partial charge < -0.3 is 14.5 Å². The Morgan fingerprint density at radius 2 is 1.96 bits per heavy atom. The predicted octanol–water partition coefficient (Wildman–Crippen LogP) is 2.26. The molecule has 1 aromatic carbocycles. The van der Waals surface area contributed by atoms with E-state index in [2.05, 4.69) is 10.4 Å². The maximum atomic E-state index is 12.7.